The lowest BCUT2D eigenvalue weighted by molar-refractivity contribution is -0.134. The van der Waals surface area contributed by atoms with Gasteiger partial charge in [-0.3, -0.25) is 4.79 Å². The van der Waals surface area contributed by atoms with Crippen LogP contribution >= 0.6 is 12.4 Å². The average Bonchev–Trinajstić information content (AvgIpc) is 2.39. The van der Waals surface area contributed by atoms with Crippen LogP contribution in [0, 0.1) is 6.92 Å². The molecular formula is C15H25ClN2O2. The fourth-order valence-electron chi connectivity index (χ4n) is 1.93. The zero-order valence-electron chi connectivity index (χ0n) is 12.6. The summed E-state index contributed by atoms with van der Waals surface area (Å²) in [5.41, 5.74) is 8.22. The second kappa shape index (κ2) is 8.95. The van der Waals surface area contributed by atoms with E-state index in [0.717, 1.165) is 6.42 Å². The lowest BCUT2D eigenvalue weighted by Gasteiger charge is -2.27. The van der Waals surface area contributed by atoms with Gasteiger partial charge in [0, 0.05) is 20.2 Å². The number of rotatable bonds is 6. The van der Waals surface area contributed by atoms with Gasteiger partial charge < -0.3 is 15.4 Å². The first-order chi connectivity index (χ1) is 8.95. The topological polar surface area (TPSA) is 55.6 Å². The first-order valence-electron chi connectivity index (χ1n) is 6.52. The third kappa shape index (κ3) is 5.49. The van der Waals surface area contributed by atoms with E-state index in [4.69, 9.17) is 10.5 Å². The maximum absolute atomic E-state index is 12.0. The molecule has 1 aromatic rings. The first kappa shape index (κ1) is 18.9. The van der Waals surface area contributed by atoms with E-state index in [9.17, 15) is 4.79 Å². The molecule has 1 rings (SSSR count). The number of benzene rings is 1. The van der Waals surface area contributed by atoms with Crippen LogP contribution in [0.1, 0.15) is 18.1 Å². The van der Waals surface area contributed by atoms with Gasteiger partial charge in [0.2, 0.25) is 5.91 Å². The van der Waals surface area contributed by atoms with E-state index in [1.54, 1.807) is 19.1 Å². The molecule has 2 unspecified atom stereocenters. The van der Waals surface area contributed by atoms with Gasteiger partial charge in [-0.15, -0.1) is 12.4 Å². The zero-order valence-corrected chi connectivity index (χ0v) is 13.4. The minimum Gasteiger partial charge on any atom is -0.383 e. The molecule has 0 saturated heterocycles. The van der Waals surface area contributed by atoms with E-state index in [1.807, 2.05) is 6.92 Å². The van der Waals surface area contributed by atoms with Gasteiger partial charge >= 0.3 is 0 Å². The third-order valence-electron chi connectivity index (χ3n) is 3.32. The molecule has 0 aromatic heterocycles. The van der Waals surface area contributed by atoms with E-state index in [2.05, 4.69) is 31.2 Å². The lowest BCUT2D eigenvalue weighted by atomic mass is 10.0. The quantitative estimate of drug-likeness (QED) is 0.871. The average molecular weight is 301 g/mol. The van der Waals surface area contributed by atoms with Crippen molar-refractivity contribution in [2.45, 2.75) is 32.4 Å². The molecule has 0 saturated carbocycles. The van der Waals surface area contributed by atoms with Crippen LogP contribution in [-0.2, 0) is 16.0 Å². The molecule has 0 bridgehead atoms. The van der Waals surface area contributed by atoms with Crippen molar-refractivity contribution in [1.29, 1.82) is 0 Å². The summed E-state index contributed by atoms with van der Waals surface area (Å²) in [5, 5.41) is 0. The summed E-state index contributed by atoms with van der Waals surface area (Å²) in [5.74, 6) is -0.0820. The Bertz CT molecular complexity index is 409. The van der Waals surface area contributed by atoms with Crippen LogP contribution in [0.3, 0.4) is 0 Å². The number of hydrogen-bond donors (Lipinski definition) is 1. The Kier molecular flexibility index (Phi) is 8.46. The highest BCUT2D eigenvalue weighted by molar-refractivity contribution is 5.85. The fraction of sp³-hybridized carbons (Fsp3) is 0.533. The Morgan fingerprint density at radius 1 is 1.35 bits per heavy atom. The molecular weight excluding hydrogens is 276 g/mol. The SMILES string of the molecule is COCC(N)C(=O)N(C)C(C)Cc1ccc(C)cc1.Cl. The van der Waals surface area contributed by atoms with Crippen molar-refractivity contribution in [1.82, 2.24) is 4.90 Å². The fourth-order valence-corrected chi connectivity index (χ4v) is 1.93. The van der Waals surface area contributed by atoms with E-state index >= 15 is 0 Å². The maximum Gasteiger partial charge on any atom is 0.241 e. The number of carbonyl (C=O) groups is 1. The Morgan fingerprint density at radius 2 is 1.90 bits per heavy atom. The number of nitrogens with zero attached hydrogens (tertiary/aromatic N) is 1. The van der Waals surface area contributed by atoms with Crippen molar-refractivity contribution >= 4 is 18.3 Å². The van der Waals surface area contributed by atoms with Crippen molar-refractivity contribution in [3.05, 3.63) is 35.4 Å². The van der Waals surface area contributed by atoms with E-state index in [0.29, 0.717) is 0 Å². The number of carbonyl (C=O) groups excluding carboxylic acids is 1. The van der Waals surface area contributed by atoms with Crippen LogP contribution in [0.2, 0.25) is 0 Å². The molecule has 20 heavy (non-hydrogen) atoms. The van der Waals surface area contributed by atoms with Gasteiger partial charge in [-0.25, -0.2) is 0 Å². The number of amides is 1. The van der Waals surface area contributed by atoms with Gasteiger partial charge in [0.15, 0.2) is 0 Å². The van der Waals surface area contributed by atoms with Crippen LogP contribution in [0.4, 0.5) is 0 Å². The summed E-state index contributed by atoms with van der Waals surface area (Å²) in [7, 11) is 3.33. The summed E-state index contributed by atoms with van der Waals surface area (Å²) in [6.45, 7) is 4.34. The summed E-state index contributed by atoms with van der Waals surface area (Å²) in [4.78, 5) is 13.7. The Labute approximate surface area is 127 Å². The Hall–Kier alpha value is -1.10. The number of likely N-dealkylation sites (N-methyl/N-ethyl adjacent to an activating group) is 1. The predicted octanol–water partition coefficient (Wildman–Crippen LogP) is 1.78. The van der Waals surface area contributed by atoms with Gasteiger partial charge in [-0.1, -0.05) is 29.8 Å². The summed E-state index contributed by atoms with van der Waals surface area (Å²) in [6.07, 6.45) is 0.822. The normalized spacial score (nSPS) is 13.2. The van der Waals surface area contributed by atoms with Gasteiger partial charge in [-0.2, -0.15) is 0 Å². The lowest BCUT2D eigenvalue weighted by Crippen LogP contribution is -2.48. The molecule has 2 N–H and O–H groups in total. The molecule has 2 atom stereocenters. The summed E-state index contributed by atoms with van der Waals surface area (Å²) in [6, 6.07) is 7.88. The summed E-state index contributed by atoms with van der Waals surface area (Å²) >= 11 is 0. The zero-order chi connectivity index (χ0) is 14.4. The molecule has 0 aliphatic rings. The summed E-state index contributed by atoms with van der Waals surface area (Å²) < 4.78 is 4.91. The second-order valence-corrected chi connectivity index (χ2v) is 5.05. The van der Waals surface area contributed by atoms with Crippen LogP contribution < -0.4 is 5.73 Å². The number of ether oxygens (including phenoxy) is 1. The van der Waals surface area contributed by atoms with Crippen molar-refractivity contribution in [3.63, 3.8) is 0 Å². The van der Waals surface area contributed by atoms with Crippen LogP contribution in [-0.4, -0.2) is 43.7 Å². The van der Waals surface area contributed by atoms with Crippen molar-refractivity contribution in [3.8, 4) is 0 Å². The highest BCUT2D eigenvalue weighted by atomic mass is 35.5. The van der Waals surface area contributed by atoms with Crippen molar-refractivity contribution in [2.75, 3.05) is 20.8 Å². The molecule has 0 fully saturated rings. The first-order valence-corrected chi connectivity index (χ1v) is 6.52. The van der Waals surface area contributed by atoms with Crippen molar-refractivity contribution < 1.29 is 9.53 Å². The highest BCUT2D eigenvalue weighted by Gasteiger charge is 2.21. The Morgan fingerprint density at radius 3 is 2.40 bits per heavy atom. The number of nitrogens with two attached hydrogens (primary N) is 1. The molecule has 5 heteroatoms. The smallest absolute Gasteiger partial charge is 0.241 e. The van der Waals surface area contributed by atoms with Gasteiger partial charge in [0.25, 0.3) is 0 Å². The standard InChI is InChI=1S/C15H24N2O2.ClH/c1-11-5-7-13(8-6-11)9-12(2)17(3)15(18)14(16)10-19-4;/h5-8,12,14H,9-10,16H2,1-4H3;1H. The van der Waals surface area contributed by atoms with E-state index < -0.39 is 6.04 Å². The molecule has 1 amide bonds. The number of aryl methyl sites for hydroxylation is 1. The monoisotopic (exact) mass is 300 g/mol. The van der Waals surface area contributed by atoms with Crippen LogP contribution in [0.5, 0.6) is 0 Å². The largest absolute Gasteiger partial charge is 0.383 e. The minimum atomic E-state index is -0.588. The predicted molar refractivity (Wildman–Crippen MR) is 84.2 cm³/mol. The highest BCUT2D eigenvalue weighted by Crippen LogP contribution is 2.10. The third-order valence-corrected chi connectivity index (χ3v) is 3.32. The van der Waals surface area contributed by atoms with Gasteiger partial charge in [0.1, 0.15) is 6.04 Å². The number of hydrogen-bond acceptors (Lipinski definition) is 3. The molecule has 1 aromatic carbocycles. The van der Waals surface area contributed by atoms with Crippen molar-refractivity contribution in [2.24, 2.45) is 5.73 Å². The van der Waals surface area contributed by atoms with Gasteiger partial charge in [0.05, 0.1) is 6.61 Å². The number of halogens is 1. The molecule has 0 aliphatic heterocycles. The molecule has 0 spiro atoms. The maximum atomic E-state index is 12.0. The molecule has 0 aliphatic carbocycles. The molecule has 114 valence electrons. The van der Waals surface area contributed by atoms with E-state index in [-0.39, 0.29) is 31.0 Å². The van der Waals surface area contributed by atoms with Gasteiger partial charge in [-0.05, 0) is 25.8 Å². The Balaban J connectivity index is 0.00000361. The minimum absolute atomic E-state index is 0. The van der Waals surface area contributed by atoms with E-state index in [1.165, 1.54) is 11.1 Å². The van der Waals surface area contributed by atoms with Crippen LogP contribution in [0.15, 0.2) is 24.3 Å². The second-order valence-electron chi connectivity index (χ2n) is 5.05. The molecule has 0 radical (unpaired) electrons. The number of methoxy groups -OCH3 is 1. The van der Waals surface area contributed by atoms with Crippen LogP contribution in [0.25, 0.3) is 0 Å². The molecule has 4 nitrogen and oxygen atoms in total. The molecule has 0 heterocycles.